The number of hydrogen-bond donors (Lipinski definition) is 0. The Bertz CT molecular complexity index is 666. The molecule has 0 aliphatic rings. The Labute approximate surface area is 119 Å². The van der Waals surface area contributed by atoms with Crippen molar-refractivity contribution >= 4 is 0 Å². The Hall–Kier alpha value is -2.48. The predicted molar refractivity (Wildman–Crippen MR) is 82.4 cm³/mol. The van der Waals surface area contributed by atoms with Crippen molar-refractivity contribution in [3.8, 4) is 22.5 Å². The highest BCUT2D eigenvalue weighted by Crippen LogP contribution is 2.24. The van der Waals surface area contributed by atoms with Gasteiger partial charge < -0.3 is 0 Å². The Balaban J connectivity index is 2.01. The molecule has 2 aromatic carbocycles. The number of nitrogens with zero attached hydrogens (tertiary/aromatic N) is 2. The van der Waals surface area contributed by atoms with Crippen molar-refractivity contribution in [2.75, 3.05) is 0 Å². The van der Waals surface area contributed by atoms with Gasteiger partial charge in [-0.05, 0) is 30.5 Å². The van der Waals surface area contributed by atoms with Gasteiger partial charge in [0.2, 0.25) is 0 Å². The van der Waals surface area contributed by atoms with Crippen molar-refractivity contribution in [1.82, 2.24) is 9.97 Å². The molecule has 0 amide bonds. The normalized spacial score (nSPS) is 10.5. The summed E-state index contributed by atoms with van der Waals surface area (Å²) in [6.45, 7) is 4.18. The summed E-state index contributed by atoms with van der Waals surface area (Å²) in [4.78, 5) is 9.03. The van der Waals surface area contributed by atoms with Crippen molar-refractivity contribution < 1.29 is 0 Å². The van der Waals surface area contributed by atoms with E-state index in [1.807, 2.05) is 36.7 Å². The lowest BCUT2D eigenvalue weighted by atomic mass is 10.0. The van der Waals surface area contributed by atoms with E-state index in [0.717, 1.165) is 17.0 Å². The number of rotatable bonds is 2. The van der Waals surface area contributed by atoms with E-state index in [2.05, 4.69) is 48.1 Å². The summed E-state index contributed by atoms with van der Waals surface area (Å²) in [6.07, 6.45) is 3.80. The van der Waals surface area contributed by atoms with Crippen LogP contribution in [0.2, 0.25) is 0 Å². The van der Waals surface area contributed by atoms with E-state index in [1.165, 1.54) is 16.7 Å². The van der Waals surface area contributed by atoms with E-state index >= 15 is 0 Å². The Morgan fingerprint density at radius 2 is 1.15 bits per heavy atom. The van der Waals surface area contributed by atoms with Crippen LogP contribution in [0.1, 0.15) is 11.1 Å². The van der Waals surface area contributed by atoms with E-state index in [-0.39, 0.29) is 0 Å². The molecule has 0 atom stereocenters. The fourth-order valence-corrected chi connectivity index (χ4v) is 2.33. The molecular weight excluding hydrogens is 244 g/mol. The van der Waals surface area contributed by atoms with Gasteiger partial charge in [0.1, 0.15) is 0 Å². The molecule has 0 N–H and O–H groups in total. The topological polar surface area (TPSA) is 25.8 Å². The average Bonchev–Trinajstić information content (AvgIpc) is 2.49. The lowest BCUT2D eigenvalue weighted by Crippen LogP contribution is -1.92. The molecule has 3 rings (SSSR count). The van der Waals surface area contributed by atoms with Crippen molar-refractivity contribution in [3.05, 3.63) is 72.1 Å². The number of aryl methyl sites for hydroxylation is 2. The fraction of sp³-hybridized carbons (Fsp3) is 0.111. The van der Waals surface area contributed by atoms with Crippen LogP contribution in [0.25, 0.3) is 22.5 Å². The zero-order chi connectivity index (χ0) is 13.9. The third kappa shape index (κ3) is 2.32. The van der Waals surface area contributed by atoms with Crippen LogP contribution in [-0.2, 0) is 0 Å². The lowest BCUT2D eigenvalue weighted by Gasteiger charge is -2.07. The first kappa shape index (κ1) is 12.5. The maximum atomic E-state index is 4.52. The van der Waals surface area contributed by atoms with Crippen LogP contribution in [0, 0.1) is 13.8 Å². The minimum absolute atomic E-state index is 0.778. The minimum Gasteiger partial charge on any atom is -0.236 e. The Morgan fingerprint density at radius 3 is 1.70 bits per heavy atom. The molecular formula is C18H16N2. The molecule has 0 aliphatic carbocycles. The van der Waals surface area contributed by atoms with Gasteiger partial charge in [0.05, 0.1) is 0 Å². The molecule has 0 radical (unpaired) electrons. The zero-order valence-corrected chi connectivity index (χ0v) is 11.7. The van der Waals surface area contributed by atoms with Crippen LogP contribution in [0.5, 0.6) is 0 Å². The highest BCUT2D eigenvalue weighted by atomic mass is 14.9. The first-order valence-electron chi connectivity index (χ1n) is 6.70. The molecule has 1 heterocycles. The molecule has 1 aromatic heterocycles. The predicted octanol–water partition coefficient (Wildman–Crippen LogP) is 4.43. The third-order valence-electron chi connectivity index (χ3n) is 3.49. The van der Waals surface area contributed by atoms with Crippen molar-refractivity contribution in [3.63, 3.8) is 0 Å². The molecule has 2 nitrogen and oxygen atoms in total. The average molecular weight is 260 g/mol. The van der Waals surface area contributed by atoms with Crippen LogP contribution in [-0.4, -0.2) is 9.97 Å². The van der Waals surface area contributed by atoms with Gasteiger partial charge in [0.25, 0.3) is 0 Å². The van der Waals surface area contributed by atoms with Crippen LogP contribution in [0.4, 0.5) is 0 Å². The first-order valence-corrected chi connectivity index (χ1v) is 6.70. The lowest BCUT2D eigenvalue weighted by molar-refractivity contribution is 1.17. The van der Waals surface area contributed by atoms with Gasteiger partial charge in [0, 0.05) is 23.5 Å². The van der Waals surface area contributed by atoms with Gasteiger partial charge in [-0.3, -0.25) is 0 Å². The fourth-order valence-electron chi connectivity index (χ4n) is 2.33. The van der Waals surface area contributed by atoms with Gasteiger partial charge in [-0.2, -0.15) is 0 Å². The number of benzene rings is 2. The summed E-state index contributed by atoms with van der Waals surface area (Å²) < 4.78 is 0. The van der Waals surface area contributed by atoms with E-state index in [4.69, 9.17) is 0 Å². The highest BCUT2D eigenvalue weighted by molar-refractivity contribution is 5.67. The second kappa shape index (κ2) is 5.25. The van der Waals surface area contributed by atoms with Crippen LogP contribution in [0.3, 0.4) is 0 Å². The second-order valence-corrected chi connectivity index (χ2v) is 4.93. The first-order chi connectivity index (χ1) is 9.75. The molecule has 0 saturated heterocycles. The van der Waals surface area contributed by atoms with Gasteiger partial charge in [-0.15, -0.1) is 0 Å². The zero-order valence-electron chi connectivity index (χ0n) is 11.7. The monoisotopic (exact) mass is 260 g/mol. The summed E-state index contributed by atoms with van der Waals surface area (Å²) in [5.74, 6) is 0.778. The third-order valence-corrected chi connectivity index (χ3v) is 3.49. The maximum Gasteiger partial charge on any atom is 0.159 e. The molecule has 0 bridgehead atoms. The van der Waals surface area contributed by atoms with Gasteiger partial charge >= 0.3 is 0 Å². The maximum absolute atomic E-state index is 4.52. The molecule has 0 spiro atoms. The van der Waals surface area contributed by atoms with E-state index in [9.17, 15) is 0 Å². The Morgan fingerprint density at radius 1 is 0.650 bits per heavy atom. The molecule has 0 aliphatic heterocycles. The van der Waals surface area contributed by atoms with Gasteiger partial charge in [-0.1, -0.05) is 48.5 Å². The van der Waals surface area contributed by atoms with Crippen LogP contribution >= 0.6 is 0 Å². The summed E-state index contributed by atoms with van der Waals surface area (Å²) in [5, 5.41) is 0. The van der Waals surface area contributed by atoms with Crippen molar-refractivity contribution in [2.45, 2.75) is 13.8 Å². The standard InChI is InChI=1S/C18H16N2/c1-13-7-3-5-9-16(13)15-11-19-18(20-12-15)17-10-6-4-8-14(17)2/h3-12H,1-2H3. The molecule has 20 heavy (non-hydrogen) atoms. The number of hydrogen-bond acceptors (Lipinski definition) is 2. The number of aromatic nitrogens is 2. The Kier molecular flexibility index (Phi) is 3.30. The minimum atomic E-state index is 0.778. The largest absolute Gasteiger partial charge is 0.236 e. The smallest absolute Gasteiger partial charge is 0.159 e. The van der Waals surface area contributed by atoms with E-state index in [0.29, 0.717) is 0 Å². The SMILES string of the molecule is Cc1ccccc1-c1cnc(-c2ccccc2C)nc1. The van der Waals surface area contributed by atoms with Gasteiger partial charge in [-0.25, -0.2) is 9.97 Å². The van der Waals surface area contributed by atoms with Crippen LogP contribution < -0.4 is 0 Å². The highest BCUT2D eigenvalue weighted by Gasteiger charge is 2.06. The van der Waals surface area contributed by atoms with E-state index in [1.54, 1.807) is 0 Å². The molecule has 0 unspecified atom stereocenters. The quantitative estimate of drug-likeness (QED) is 0.681. The molecule has 0 fully saturated rings. The second-order valence-electron chi connectivity index (χ2n) is 4.93. The van der Waals surface area contributed by atoms with E-state index < -0.39 is 0 Å². The molecule has 98 valence electrons. The van der Waals surface area contributed by atoms with Crippen molar-refractivity contribution in [2.24, 2.45) is 0 Å². The summed E-state index contributed by atoms with van der Waals surface area (Å²) >= 11 is 0. The van der Waals surface area contributed by atoms with Gasteiger partial charge in [0.15, 0.2) is 5.82 Å². The van der Waals surface area contributed by atoms with Crippen molar-refractivity contribution in [1.29, 1.82) is 0 Å². The molecule has 3 aromatic rings. The molecule has 2 heteroatoms. The summed E-state index contributed by atoms with van der Waals surface area (Å²) in [7, 11) is 0. The summed E-state index contributed by atoms with van der Waals surface area (Å²) in [6, 6.07) is 16.5. The van der Waals surface area contributed by atoms with Crippen LogP contribution in [0.15, 0.2) is 60.9 Å². The summed E-state index contributed by atoms with van der Waals surface area (Å²) in [5.41, 5.74) is 5.75. The molecule has 0 saturated carbocycles.